The van der Waals surface area contributed by atoms with Crippen molar-refractivity contribution < 1.29 is 9.66 Å². The number of halogens is 2. The Labute approximate surface area is 131 Å². The molecule has 2 aromatic carbocycles. The number of nitrogens with zero attached hydrogens (tertiary/aromatic N) is 1. The number of nitro groups is 1. The summed E-state index contributed by atoms with van der Waals surface area (Å²) in [5.41, 5.74) is 6.51. The van der Waals surface area contributed by atoms with Crippen molar-refractivity contribution in [2.24, 2.45) is 5.73 Å². The van der Waals surface area contributed by atoms with Crippen LogP contribution in [0.1, 0.15) is 18.5 Å². The lowest BCUT2D eigenvalue weighted by Gasteiger charge is -2.11. The third-order valence-corrected chi connectivity index (χ3v) is 3.43. The van der Waals surface area contributed by atoms with Crippen molar-refractivity contribution in [1.82, 2.24) is 0 Å². The predicted molar refractivity (Wildman–Crippen MR) is 82.2 cm³/mol. The maximum atomic E-state index is 10.8. The summed E-state index contributed by atoms with van der Waals surface area (Å²) >= 11 is 12.1. The molecule has 0 aliphatic heterocycles. The van der Waals surface area contributed by atoms with E-state index in [-0.39, 0.29) is 22.5 Å². The van der Waals surface area contributed by atoms with Crippen LogP contribution in [-0.2, 0) is 0 Å². The fourth-order valence-electron chi connectivity index (χ4n) is 1.69. The van der Waals surface area contributed by atoms with Crippen molar-refractivity contribution in [3.63, 3.8) is 0 Å². The fraction of sp³-hybridized carbons (Fsp3) is 0.143. The van der Waals surface area contributed by atoms with Crippen LogP contribution < -0.4 is 10.5 Å². The number of ether oxygens (including phenoxy) is 1. The van der Waals surface area contributed by atoms with Crippen molar-refractivity contribution in [2.45, 2.75) is 13.0 Å². The molecule has 0 fully saturated rings. The summed E-state index contributed by atoms with van der Waals surface area (Å²) < 4.78 is 5.56. The second kappa shape index (κ2) is 6.30. The molecular formula is C14H12Cl2N2O3. The van der Waals surface area contributed by atoms with Crippen molar-refractivity contribution in [3.8, 4) is 11.5 Å². The lowest BCUT2D eigenvalue weighted by molar-refractivity contribution is -0.384. The third kappa shape index (κ3) is 3.64. The first-order chi connectivity index (χ1) is 9.88. The normalized spacial score (nSPS) is 12.0. The van der Waals surface area contributed by atoms with Crippen LogP contribution in [-0.4, -0.2) is 4.92 Å². The van der Waals surface area contributed by atoms with E-state index in [0.29, 0.717) is 10.8 Å². The van der Waals surface area contributed by atoms with Crippen LogP contribution in [0, 0.1) is 10.1 Å². The molecule has 0 heterocycles. The summed E-state index contributed by atoms with van der Waals surface area (Å²) in [6, 6.07) is 8.91. The first-order valence-electron chi connectivity index (χ1n) is 6.05. The first-order valence-corrected chi connectivity index (χ1v) is 6.81. The second-order valence-electron chi connectivity index (χ2n) is 4.45. The number of benzene rings is 2. The molecule has 0 saturated carbocycles. The van der Waals surface area contributed by atoms with Gasteiger partial charge in [-0.05, 0) is 30.7 Å². The van der Waals surface area contributed by atoms with Crippen LogP contribution in [0.15, 0.2) is 36.4 Å². The van der Waals surface area contributed by atoms with Gasteiger partial charge in [0, 0.05) is 12.1 Å². The van der Waals surface area contributed by atoms with Gasteiger partial charge >= 0.3 is 0 Å². The van der Waals surface area contributed by atoms with E-state index >= 15 is 0 Å². The number of rotatable bonds is 4. The minimum absolute atomic E-state index is 0.113. The average Bonchev–Trinajstić information content (AvgIpc) is 2.42. The highest BCUT2D eigenvalue weighted by Crippen LogP contribution is 2.36. The summed E-state index contributed by atoms with van der Waals surface area (Å²) in [7, 11) is 0. The van der Waals surface area contributed by atoms with Gasteiger partial charge in [0.1, 0.15) is 5.75 Å². The molecule has 0 radical (unpaired) electrons. The Hall–Kier alpha value is -1.82. The molecule has 0 aromatic heterocycles. The van der Waals surface area contributed by atoms with Gasteiger partial charge in [-0.1, -0.05) is 29.3 Å². The zero-order valence-corrected chi connectivity index (χ0v) is 12.6. The summed E-state index contributed by atoms with van der Waals surface area (Å²) in [5.74, 6) is 0.518. The van der Waals surface area contributed by atoms with Gasteiger partial charge in [-0.25, -0.2) is 0 Å². The molecule has 2 rings (SSSR count). The molecule has 110 valence electrons. The lowest BCUT2D eigenvalue weighted by atomic mass is 10.1. The Kier molecular flexibility index (Phi) is 4.67. The average molecular weight is 327 g/mol. The highest BCUT2D eigenvalue weighted by molar-refractivity contribution is 6.33. The minimum atomic E-state index is -0.524. The van der Waals surface area contributed by atoms with Crippen molar-refractivity contribution >= 4 is 28.9 Å². The van der Waals surface area contributed by atoms with Gasteiger partial charge in [0.15, 0.2) is 5.75 Å². The monoisotopic (exact) mass is 326 g/mol. The molecule has 21 heavy (non-hydrogen) atoms. The maximum Gasteiger partial charge on any atom is 0.273 e. The molecule has 2 aromatic rings. The van der Waals surface area contributed by atoms with Crippen LogP contribution in [0.2, 0.25) is 10.0 Å². The third-order valence-electron chi connectivity index (χ3n) is 2.83. The molecule has 5 nitrogen and oxygen atoms in total. The molecule has 1 atom stereocenters. The Morgan fingerprint density at radius 1 is 1.14 bits per heavy atom. The van der Waals surface area contributed by atoms with Gasteiger partial charge in [0.25, 0.3) is 5.69 Å². The largest absolute Gasteiger partial charge is 0.454 e. The van der Waals surface area contributed by atoms with Crippen molar-refractivity contribution in [1.29, 1.82) is 0 Å². The van der Waals surface area contributed by atoms with E-state index in [1.54, 1.807) is 18.2 Å². The van der Waals surface area contributed by atoms with E-state index < -0.39 is 4.92 Å². The van der Waals surface area contributed by atoms with Crippen molar-refractivity contribution in [3.05, 3.63) is 62.1 Å². The van der Waals surface area contributed by atoms with Gasteiger partial charge in [-0.2, -0.15) is 0 Å². The highest BCUT2D eigenvalue weighted by Gasteiger charge is 2.13. The zero-order valence-electron chi connectivity index (χ0n) is 11.0. The Morgan fingerprint density at radius 3 is 2.43 bits per heavy atom. The number of hydrogen-bond acceptors (Lipinski definition) is 4. The van der Waals surface area contributed by atoms with Gasteiger partial charge in [0.2, 0.25) is 0 Å². The summed E-state index contributed by atoms with van der Waals surface area (Å²) in [6.07, 6.45) is 0. The van der Waals surface area contributed by atoms with E-state index in [1.165, 1.54) is 18.2 Å². The van der Waals surface area contributed by atoms with Gasteiger partial charge in [-0.15, -0.1) is 0 Å². The second-order valence-corrected chi connectivity index (χ2v) is 5.27. The van der Waals surface area contributed by atoms with E-state index in [4.69, 9.17) is 33.7 Å². The standard InChI is InChI=1S/C14H12Cl2N2O3/c1-8(17)9-2-5-13(12(16)6-9)21-14-7-10(18(19)20)3-4-11(14)15/h2-8H,17H2,1H3/t8-/m0/s1. The molecule has 0 spiro atoms. The van der Waals surface area contributed by atoms with Gasteiger partial charge in [0.05, 0.1) is 21.0 Å². The highest BCUT2D eigenvalue weighted by atomic mass is 35.5. The first kappa shape index (κ1) is 15.6. The molecular weight excluding hydrogens is 315 g/mol. The number of non-ortho nitro benzene ring substituents is 1. The topological polar surface area (TPSA) is 78.4 Å². The van der Waals surface area contributed by atoms with Crippen LogP contribution in [0.25, 0.3) is 0 Å². The molecule has 2 N–H and O–H groups in total. The van der Waals surface area contributed by atoms with Gasteiger partial charge in [-0.3, -0.25) is 10.1 Å². The lowest BCUT2D eigenvalue weighted by Crippen LogP contribution is -2.04. The zero-order chi connectivity index (χ0) is 15.6. The van der Waals surface area contributed by atoms with E-state index in [2.05, 4.69) is 0 Å². The number of nitro benzene ring substituents is 1. The van der Waals surface area contributed by atoms with Crippen LogP contribution in [0.4, 0.5) is 5.69 Å². The number of nitrogens with two attached hydrogens (primary N) is 1. The molecule has 0 aliphatic rings. The van der Waals surface area contributed by atoms with Crippen LogP contribution >= 0.6 is 23.2 Å². The van der Waals surface area contributed by atoms with Crippen molar-refractivity contribution in [2.75, 3.05) is 0 Å². The minimum Gasteiger partial charge on any atom is -0.454 e. The Balaban J connectivity index is 2.34. The molecule has 0 saturated heterocycles. The van der Waals surface area contributed by atoms with E-state index in [0.717, 1.165) is 5.56 Å². The molecule has 0 unspecified atom stereocenters. The Morgan fingerprint density at radius 2 is 1.86 bits per heavy atom. The SMILES string of the molecule is C[C@H](N)c1ccc(Oc2cc([N+](=O)[O-])ccc2Cl)c(Cl)c1. The van der Waals surface area contributed by atoms with Crippen LogP contribution in [0.3, 0.4) is 0 Å². The summed E-state index contributed by atoms with van der Waals surface area (Å²) in [6.45, 7) is 1.84. The summed E-state index contributed by atoms with van der Waals surface area (Å²) in [5, 5.41) is 11.4. The number of hydrogen-bond donors (Lipinski definition) is 1. The van der Waals surface area contributed by atoms with E-state index in [9.17, 15) is 10.1 Å². The van der Waals surface area contributed by atoms with Gasteiger partial charge < -0.3 is 10.5 Å². The predicted octanol–water partition coefficient (Wildman–Crippen LogP) is 4.71. The smallest absolute Gasteiger partial charge is 0.273 e. The maximum absolute atomic E-state index is 10.8. The molecule has 0 amide bonds. The molecule has 7 heteroatoms. The fourth-order valence-corrected chi connectivity index (χ4v) is 2.07. The van der Waals surface area contributed by atoms with Crippen LogP contribution in [0.5, 0.6) is 11.5 Å². The Bertz CT molecular complexity index is 690. The molecule has 0 bridgehead atoms. The quantitative estimate of drug-likeness (QED) is 0.651. The summed E-state index contributed by atoms with van der Waals surface area (Å²) in [4.78, 5) is 10.2. The molecule has 0 aliphatic carbocycles. The van der Waals surface area contributed by atoms with E-state index in [1.807, 2.05) is 6.92 Å².